The van der Waals surface area contributed by atoms with Crippen LogP contribution in [-0.2, 0) is 4.74 Å². The number of H-pyrrole nitrogens is 1. The molecule has 3 heterocycles. The maximum absolute atomic E-state index is 15.4. The van der Waals surface area contributed by atoms with Crippen molar-refractivity contribution in [2.75, 3.05) is 12.4 Å². The molecule has 0 bridgehead atoms. The van der Waals surface area contributed by atoms with Crippen molar-refractivity contribution >= 4 is 17.1 Å². The largest absolute Gasteiger partial charge is 0.391 e. The minimum atomic E-state index is -2.76. The number of aromatic nitrogens is 4. The second-order valence-corrected chi connectivity index (χ2v) is 5.62. The summed E-state index contributed by atoms with van der Waals surface area (Å²) < 4.78 is 34.3. The molecule has 11 heteroatoms. The number of fused-ring (bicyclic) bond motifs is 1. The van der Waals surface area contributed by atoms with E-state index >= 15 is 4.39 Å². The minimum absolute atomic E-state index is 0.103. The summed E-state index contributed by atoms with van der Waals surface area (Å²) in [6.45, 7) is 0.159. The number of aliphatic hydroxyl groups is 2. The van der Waals surface area contributed by atoms with Crippen LogP contribution in [0.2, 0.25) is 0 Å². The standard InChI is InChI=1S/C14H15F2N5O4/c1-6(22)8-9(23)14(16,3-2-4-15)12(25-8)21-5-18-7-10(21)19-13(17)20-11(7)24/h5-6,8-9,12,22-23H,4H2,1H3,(H3,17,19,20,24)/t6-,8-,9?,12-,14-/m1/s1. The lowest BCUT2D eigenvalue weighted by molar-refractivity contribution is -0.0776. The van der Waals surface area contributed by atoms with Gasteiger partial charge in [0.1, 0.15) is 18.9 Å². The van der Waals surface area contributed by atoms with Crippen molar-refractivity contribution in [1.82, 2.24) is 19.5 Å². The molecule has 0 amide bonds. The van der Waals surface area contributed by atoms with Crippen molar-refractivity contribution in [2.24, 2.45) is 0 Å². The van der Waals surface area contributed by atoms with Crippen LogP contribution in [0.25, 0.3) is 11.2 Å². The van der Waals surface area contributed by atoms with Crippen LogP contribution in [0.1, 0.15) is 13.2 Å². The van der Waals surface area contributed by atoms with Gasteiger partial charge in [-0.15, -0.1) is 0 Å². The highest BCUT2D eigenvalue weighted by molar-refractivity contribution is 5.70. The molecule has 1 unspecified atom stereocenters. The van der Waals surface area contributed by atoms with Gasteiger partial charge in [-0.1, -0.05) is 11.8 Å². The lowest BCUT2D eigenvalue weighted by Crippen LogP contribution is -2.44. The molecule has 2 aromatic heterocycles. The molecular weight excluding hydrogens is 340 g/mol. The number of hydrogen-bond acceptors (Lipinski definition) is 7. The third kappa shape index (κ3) is 2.64. The van der Waals surface area contributed by atoms with Gasteiger partial charge in [0.2, 0.25) is 11.6 Å². The van der Waals surface area contributed by atoms with Gasteiger partial charge >= 0.3 is 0 Å². The van der Waals surface area contributed by atoms with Gasteiger partial charge in [0, 0.05) is 0 Å². The number of nitrogen functional groups attached to an aromatic ring is 1. The van der Waals surface area contributed by atoms with Gasteiger partial charge in [0.25, 0.3) is 5.56 Å². The van der Waals surface area contributed by atoms with Crippen molar-refractivity contribution in [3.63, 3.8) is 0 Å². The van der Waals surface area contributed by atoms with Crippen LogP contribution in [0.15, 0.2) is 11.1 Å². The van der Waals surface area contributed by atoms with Crippen molar-refractivity contribution in [2.45, 2.75) is 37.1 Å². The highest BCUT2D eigenvalue weighted by Crippen LogP contribution is 2.43. The number of halogens is 2. The number of nitrogens with one attached hydrogen (secondary N) is 1. The van der Waals surface area contributed by atoms with E-state index in [1.54, 1.807) is 0 Å². The Balaban J connectivity index is 2.18. The first-order chi connectivity index (χ1) is 11.8. The molecule has 5 atom stereocenters. The summed E-state index contributed by atoms with van der Waals surface area (Å²) in [7, 11) is 0. The highest BCUT2D eigenvalue weighted by atomic mass is 19.1. The van der Waals surface area contributed by atoms with Crippen LogP contribution in [0.5, 0.6) is 0 Å². The number of aromatic amines is 1. The molecule has 0 radical (unpaired) electrons. The molecule has 5 N–H and O–H groups in total. The molecule has 1 aliphatic rings. The number of nitrogens with two attached hydrogens (primary N) is 1. The van der Waals surface area contributed by atoms with Gasteiger partial charge in [-0.3, -0.25) is 14.3 Å². The zero-order chi connectivity index (χ0) is 18.4. The van der Waals surface area contributed by atoms with Gasteiger partial charge in [-0.2, -0.15) is 4.98 Å². The van der Waals surface area contributed by atoms with E-state index in [1.807, 2.05) is 11.8 Å². The van der Waals surface area contributed by atoms with E-state index in [2.05, 4.69) is 15.0 Å². The molecular formula is C14H15F2N5O4. The first kappa shape index (κ1) is 17.3. The monoisotopic (exact) mass is 355 g/mol. The molecule has 0 aromatic carbocycles. The summed E-state index contributed by atoms with van der Waals surface area (Å²) in [5, 5.41) is 19.9. The van der Waals surface area contributed by atoms with Crippen LogP contribution < -0.4 is 11.3 Å². The summed E-state index contributed by atoms with van der Waals surface area (Å²) >= 11 is 0. The summed E-state index contributed by atoms with van der Waals surface area (Å²) in [4.78, 5) is 21.8. The number of aliphatic hydroxyl groups excluding tert-OH is 2. The average Bonchev–Trinajstić information content (AvgIpc) is 3.06. The number of rotatable bonds is 2. The molecule has 25 heavy (non-hydrogen) atoms. The molecule has 134 valence electrons. The van der Waals surface area contributed by atoms with Crippen molar-refractivity contribution in [3.05, 3.63) is 16.7 Å². The quantitative estimate of drug-likeness (QED) is 0.508. The zero-order valence-electron chi connectivity index (χ0n) is 13.0. The molecule has 1 aliphatic heterocycles. The van der Waals surface area contributed by atoms with Gasteiger partial charge in [-0.05, 0) is 6.92 Å². The van der Waals surface area contributed by atoms with Crippen LogP contribution in [0.3, 0.4) is 0 Å². The third-order valence-corrected chi connectivity index (χ3v) is 3.91. The van der Waals surface area contributed by atoms with E-state index < -0.39 is 42.4 Å². The first-order valence-corrected chi connectivity index (χ1v) is 7.28. The summed E-state index contributed by atoms with van der Waals surface area (Å²) in [5.74, 6) is 3.69. The Kier molecular flexibility index (Phi) is 4.19. The Morgan fingerprint density at radius 3 is 3.00 bits per heavy atom. The second-order valence-electron chi connectivity index (χ2n) is 5.62. The van der Waals surface area contributed by atoms with Crippen LogP contribution >= 0.6 is 0 Å². The Bertz CT molecular complexity index is 917. The Morgan fingerprint density at radius 1 is 1.64 bits per heavy atom. The number of ether oxygens (including phenoxy) is 1. The van der Waals surface area contributed by atoms with Gasteiger partial charge in [-0.25, -0.2) is 13.8 Å². The zero-order valence-corrected chi connectivity index (χ0v) is 13.0. The summed E-state index contributed by atoms with van der Waals surface area (Å²) in [5.41, 5.74) is 1.85. The van der Waals surface area contributed by atoms with Crippen LogP contribution in [0.4, 0.5) is 14.7 Å². The normalized spacial score (nSPS) is 30.2. The highest BCUT2D eigenvalue weighted by Gasteiger charge is 2.59. The lowest BCUT2D eigenvalue weighted by Gasteiger charge is -2.23. The smallest absolute Gasteiger partial charge is 0.280 e. The predicted molar refractivity (Wildman–Crippen MR) is 81.7 cm³/mol. The molecule has 1 saturated heterocycles. The van der Waals surface area contributed by atoms with Crippen molar-refractivity contribution in [1.29, 1.82) is 0 Å². The van der Waals surface area contributed by atoms with Gasteiger partial charge in [0.15, 0.2) is 17.4 Å². The van der Waals surface area contributed by atoms with Gasteiger partial charge < -0.3 is 20.7 Å². The summed E-state index contributed by atoms with van der Waals surface area (Å²) in [6.07, 6.45) is -4.99. The van der Waals surface area contributed by atoms with E-state index in [0.29, 0.717) is 0 Å². The van der Waals surface area contributed by atoms with Crippen LogP contribution in [0, 0.1) is 11.8 Å². The number of anilines is 1. The number of imidazole rings is 1. The minimum Gasteiger partial charge on any atom is -0.391 e. The van der Waals surface area contributed by atoms with E-state index in [9.17, 15) is 19.4 Å². The first-order valence-electron chi connectivity index (χ1n) is 7.28. The molecule has 0 spiro atoms. The predicted octanol–water partition coefficient (Wildman–Crippen LogP) is -0.978. The molecule has 2 aromatic rings. The van der Waals surface area contributed by atoms with Crippen molar-refractivity contribution in [3.8, 4) is 11.8 Å². The fraction of sp³-hybridized carbons (Fsp3) is 0.500. The Hall–Kier alpha value is -2.55. The van der Waals surface area contributed by atoms with Crippen molar-refractivity contribution < 1.29 is 23.7 Å². The van der Waals surface area contributed by atoms with E-state index in [4.69, 9.17) is 10.5 Å². The van der Waals surface area contributed by atoms with Gasteiger partial charge in [0.05, 0.1) is 12.4 Å². The fourth-order valence-electron chi connectivity index (χ4n) is 2.77. The number of alkyl halides is 2. The maximum atomic E-state index is 15.4. The fourth-order valence-corrected chi connectivity index (χ4v) is 2.77. The topological polar surface area (TPSA) is 139 Å². The third-order valence-electron chi connectivity index (χ3n) is 3.91. The molecule has 0 saturated carbocycles. The van der Waals surface area contributed by atoms with E-state index in [0.717, 1.165) is 10.9 Å². The molecule has 3 rings (SSSR count). The second kappa shape index (κ2) is 6.07. The Morgan fingerprint density at radius 2 is 2.36 bits per heavy atom. The lowest BCUT2D eigenvalue weighted by atomic mass is 9.94. The van der Waals surface area contributed by atoms with Crippen LogP contribution in [-0.4, -0.2) is 60.4 Å². The number of hydrogen-bond donors (Lipinski definition) is 4. The average molecular weight is 355 g/mol. The Labute approximate surface area is 139 Å². The number of nitrogens with zero attached hydrogens (tertiary/aromatic N) is 3. The molecule has 0 aliphatic carbocycles. The maximum Gasteiger partial charge on any atom is 0.280 e. The van der Waals surface area contributed by atoms with E-state index in [-0.39, 0.29) is 17.1 Å². The summed E-state index contributed by atoms with van der Waals surface area (Å²) in [6, 6.07) is 0. The van der Waals surface area contributed by atoms with E-state index in [1.165, 1.54) is 6.92 Å². The molecule has 1 fully saturated rings. The molecule has 9 nitrogen and oxygen atoms in total. The SMILES string of the molecule is C[C@@H](O)[C@H]1O[C@@H](n2cnc3c(=O)[nH]c(N)nc32)[C@@](F)(C#CCF)C1O.